The maximum atomic E-state index is 8.94. The summed E-state index contributed by atoms with van der Waals surface area (Å²) in [6, 6.07) is 16.4. The number of hydrogen-bond acceptors (Lipinski definition) is 2. The van der Waals surface area contributed by atoms with Gasteiger partial charge in [0.15, 0.2) is 18.9 Å². The maximum absolute atomic E-state index is 8.94. The fourth-order valence-electron chi connectivity index (χ4n) is 2.65. The van der Waals surface area contributed by atoms with Crippen molar-refractivity contribution < 1.29 is 14.4 Å². The van der Waals surface area contributed by atoms with Gasteiger partial charge in [0.25, 0.3) is 0 Å². The molecule has 0 fully saturated rings. The quantitative estimate of drug-likeness (QED) is 0.734. The highest BCUT2D eigenvalue weighted by Gasteiger charge is 2.04. The number of methoxy groups -OCH3 is 1. The molecule has 3 nitrogen and oxygen atoms in total. The molecule has 0 saturated carbocycles. The molecule has 0 atom stereocenters. The number of aliphatic hydroxyl groups is 1. The Bertz CT molecular complexity index is 823. The minimum atomic E-state index is 0.150. The van der Waals surface area contributed by atoms with Gasteiger partial charge < -0.3 is 9.84 Å². The number of nitrogens with zero attached hydrogens (tertiary/aromatic N) is 1. The average molecular weight is 306 g/mol. The van der Waals surface area contributed by atoms with Crippen molar-refractivity contribution >= 4 is 22.9 Å². The van der Waals surface area contributed by atoms with Crippen LogP contribution in [0.25, 0.3) is 22.9 Å². The summed E-state index contributed by atoms with van der Waals surface area (Å²) in [5, 5.41) is 11.2. The van der Waals surface area contributed by atoms with Gasteiger partial charge in [0.1, 0.15) is 12.4 Å². The van der Waals surface area contributed by atoms with Crippen LogP contribution < -0.4 is 9.30 Å². The molecular weight excluding hydrogens is 286 g/mol. The molecule has 0 aliphatic rings. The van der Waals surface area contributed by atoms with Crippen molar-refractivity contribution in [2.24, 2.45) is 0 Å². The fourth-order valence-corrected chi connectivity index (χ4v) is 2.65. The molecule has 0 amide bonds. The van der Waals surface area contributed by atoms with E-state index in [1.54, 1.807) is 7.11 Å². The van der Waals surface area contributed by atoms with E-state index in [1.807, 2.05) is 47.3 Å². The third-order valence-electron chi connectivity index (χ3n) is 3.87. The van der Waals surface area contributed by atoms with Crippen molar-refractivity contribution in [1.29, 1.82) is 0 Å². The lowest BCUT2D eigenvalue weighted by atomic mass is 10.0. The lowest BCUT2D eigenvalue weighted by Gasteiger charge is -2.07. The average Bonchev–Trinajstić information content (AvgIpc) is 2.61. The third kappa shape index (κ3) is 3.41. The van der Waals surface area contributed by atoms with Gasteiger partial charge in [0.2, 0.25) is 0 Å². The van der Waals surface area contributed by atoms with Gasteiger partial charge in [-0.3, -0.25) is 0 Å². The molecule has 0 radical (unpaired) electrons. The van der Waals surface area contributed by atoms with Crippen LogP contribution in [0.15, 0.2) is 60.9 Å². The Balaban J connectivity index is 1.92. The molecule has 0 aliphatic carbocycles. The van der Waals surface area contributed by atoms with E-state index in [9.17, 15) is 0 Å². The Morgan fingerprint density at radius 2 is 1.70 bits per heavy atom. The third-order valence-corrected chi connectivity index (χ3v) is 3.87. The molecule has 3 rings (SSSR count). The number of fused-ring (bicyclic) bond motifs is 1. The van der Waals surface area contributed by atoms with Crippen LogP contribution in [0.3, 0.4) is 0 Å². The van der Waals surface area contributed by atoms with Gasteiger partial charge in [-0.1, -0.05) is 42.5 Å². The second-order valence-corrected chi connectivity index (χ2v) is 5.33. The van der Waals surface area contributed by atoms with E-state index in [1.165, 1.54) is 5.39 Å². The van der Waals surface area contributed by atoms with Crippen LogP contribution in [0.5, 0.6) is 5.75 Å². The molecule has 1 aromatic heterocycles. The van der Waals surface area contributed by atoms with Gasteiger partial charge in [0, 0.05) is 17.5 Å². The first-order chi connectivity index (χ1) is 11.3. The van der Waals surface area contributed by atoms with Crippen LogP contribution in [0, 0.1) is 0 Å². The molecule has 0 unspecified atom stereocenters. The van der Waals surface area contributed by atoms with Crippen molar-refractivity contribution in [3.8, 4) is 5.75 Å². The first kappa shape index (κ1) is 15.3. The Labute approximate surface area is 136 Å². The van der Waals surface area contributed by atoms with Crippen LogP contribution in [-0.4, -0.2) is 18.8 Å². The molecule has 1 N–H and O–H groups in total. The number of aliphatic hydroxyl groups excluding tert-OH is 1. The number of ether oxygens (including phenoxy) is 1. The Hall–Kier alpha value is -2.65. The second kappa shape index (κ2) is 7.07. The topological polar surface area (TPSA) is 33.3 Å². The summed E-state index contributed by atoms with van der Waals surface area (Å²) < 4.78 is 7.39. The predicted octanol–water partition coefficient (Wildman–Crippen LogP) is 3.30. The summed E-state index contributed by atoms with van der Waals surface area (Å²) in [4.78, 5) is 0. The van der Waals surface area contributed by atoms with Crippen LogP contribution in [0.4, 0.5) is 0 Å². The molecular formula is C20H20NO2+. The van der Waals surface area contributed by atoms with Gasteiger partial charge in [0.05, 0.1) is 7.11 Å². The van der Waals surface area contributed by atoms with E-state index >= 15 is 0 Å². The van der Waals surface area contributed by atoms with Gasteiger partial charge in [-0.25, -0.2) is 4.57 Å². The van der Waals surface area contributed by atoms with Crippen molar-refractivity contribution in [1.82, 2.24) is 0 Å². The lowest BCUT2D eigenvalue weighted by molar-refractivity contribution is -0.698. The predicted molar refractivity (Wildman–Crippen MR) is 93.2 cm³/mol. The minimum Gasteiger partial charge on any atom is -0.496 e. The standard InChI is InChI=1S/C20H20NO2/c1-23-20-9-8-17(18-4-2-3-5-19(18)20)7-6-16-10-12-21(13-11-16)14-15-22/h2-13,22H,14-15H2,1H3/q+1/b7-6+. The highest BCUT2D eigenvalue weighted by atomic mass is 16.5. The molecule has 0 aliphatic heterocycles. The summed E-state index contributed by atoms with van der Waals surface area (Å²) in [6.07, 6.45) is 8.16. The van der Waals surface area contributed by atoms with E-state index < -0.39 is 0 Å². The monoisotopic (exact) mass is 306 g/mol. The summed E-state index contributed by atoms with van der Waals surface area (Å²) in [5.74, 6) is 0.891. The number of pyridine rings is 1. The number of aromatic nitrogens is 1. The van der Waals surface area contributed by atoms with Gasteiger partial charge in [-0.15, -0.1) is 0 Å². The Kier molecular flexibility index (Phi) is 4.69. The van der Waals surface area contributed by atoms with Crippen LogP contribution in [-0.2, 0) is 6.54 Å². The molecule has 2 aromatic carbocycles. The van der Waals surface area contributed by atoms with Crippen LogP contribution >= 0.6 is 0 Å². The van der Waals surface area contributed by atoms with Crippen LogP contribution in [0.1, 0.15) is 11.1 Å². The largest absolute Gasteiger partial charge is 0.496 e. The van der Waals surface area contributed by atoms with E-state index in [4.69, 9.17) is 9.84 Å². The molecule has 0 saturated heterocycles. The molecule has 1 heterocycles. The van der Waals surface area contributed by atoms with E-state index in [0.717, 1.165) is 22.3 Å². The maximum Gasteiger partial charge on any atom is 0.171 e. The zero-order chi connectivity index (χ0) is 16.1. The Morgan fingerprint density at radius 1 is 0.957 bits per heavy atom. The number of benzene rings is 2. The number of rotatable bonds is 5. The Morgan fingerprint density at radius 3 is 2.39 bits per heavy atom. The van der Waals surface area contributed by atoms with Crippen molar-refractivity contribution in [3.05, 3.63) is 72.1 Å². The van der Waals surface area contributed by atoms with Crippen molar-refractivity contribution in [2.45, 2.75) is 6.54 Å². The summed E-state index contributed by atoms with van der Waals surface area (Å²) >= 11 is 0. The fraction of sp³-hybridized carbons (Fsp3) is 0.150. The lowest BCUT2D eigenvalue weighted by Crippen LogP contribution is -2.34. The SMILES string of the molecule is COc1ccc(/C=C/c2cc[n+](CCO)cc2)c2ccccc12. The molecule has 3 aromatic rings. The minimum absolute atomic E-state index is 0.150. The molecule has 23 heavy (non-hydrogen) atoms. The number of hydrogen-bond donors (Lipinski definition) is 1. The second-order valence-electron chi connectivity index (χ2n) is 5.33. The summed E-state index contributed by atoms with van der Waals surface area (Å²) in [5.41, 5.74) is 2.28. The van der Waals surface area contributed by atoms with Gasteiger partial charge in [-0.05, 0) is 22.6 Å². The van der Waals surface area contributed by atoms with Crippen LogP contribution in [0.2, 0.25) is 0 Å². The molecule has 0 bridgehead atoms. The highest BCUT2D eigenvalue weighted by Crippen LogP contribution is 2.29. The van der Waals surface area contributed by atoms with E-state index in [2.05, 4.69) is 30.4 Å². The van der Waals surface area contributed by atoms with Gasteiger partial charge in [-0.2, -0.15) is 0 Å². The van der Waals surface area contributed by atoms with E-state index in [-0.39, 0.29) is 6.61 Å². The molecule has 3 heteroatoms. The first-order valence-corrected chi connectivity index (χ1v) is 7.65. The summed E-state index contributed by atoms with van der Waals surface area (Å²) in [7, 11) is 1.70. The van der Waals surface area contributed by atoms with Crippen molar-refractivity contribution in [2.75, 3.05) is 13.7 Å². The smallest absolute Gasteiger partial charge is 0.171 e. The van der Waals surface area contributed by atoms with Crippen molar-refractivity contribution in [3.63, 3.8) is 0 Å². The molecule has 0 spiro atoms. The van der Waals surface area contributed by atoms with Gasteiger partial charge >= 0.3 is 0 Å². The summed E-state index contributed by atoms with van der Waals surface area (Å²) in [6.45, 7) is 0.769. The zero-order valence-electron chi connectivity index (χ0n) is 13.1. The first-order valence-electron chi connectivity index (χ1n) is 7.65. The highest BCUT2D eigenvalue weighted by molar-refractivity contribution is 5.96. The molecule has 116 valence electrons. The normalized spacial score (nSPS) is 11.2. The zero-order valence-corrected chi connectivity index (χ0v) is 13.1. The van der Waals surface area contributed by atoms with E-state index in [0.29, 0.717) is 6.54 Å².